The third-order valence-corrected chi connectivity index (χ3v) is 4.42. The van der Waals surface area contributed by atoms with E-state index in [1.165, 1.54) is 44.8 Å². The van der Waals surface area contributed by atoms with Gasteiger partial charge in [0.15, 0.2) is 0 Å². The summed E-state index contributed by atoms with van der Waals surface area (Å²) < 4.78 is 4.88. The molecule has 0 saturated heterocycles. The zero-order chi connectivity index (χ0) is 15.9. The number of hydrogen-bond donors (Lipinski definition) is 1. The molecule has 122 valence electrons. The van der Waals surface area contributed by atoms with Crippen molar-refractivity contribution in [2.24, 2.45) is 0 Å². The van der Waals surface area contributed by atoms with Gasteiger partial charge in [0.05, 0.1) is 12.7 Å². The summed E-state index contributed by atoms with van der Waals surface area (Å²) in [6.45, 7) is 0.509. The lowest BCUT2D eigenvalue weighted by atomic mass is 9.84. The molecule has 1 aliphatic carbocycles. The van der Waals surface area contributed by atoms with Gasteiger partial charge in [0.2, 0.25) is 0 Å². The highest BCUT2D eigenvalue weighted by atomic mass is 16.5. The molecule has 1 fully saturated rings. The number of aliphatic hydroxyl groups excluding tert-OH is 1. The number of aliphatic hydroxyl groups is 1. The molecule has 1 amide bonds. The summed E-state index contributed by atoms with van der Waals surface area (Å²) in [5.41, 5.74) is 2.02. The number of hydrogen-bond acceptors (Lipinski definition) is 3. The highest BCUT2D eigenvalue weighted by Crippen LogP contribution is 2.32. The maximum absolute atomic E-state index is 12.3. The number of likely N-dealkylation sites (N-methyl/N-ethyl adjacent to an activating group) is 1. The fourth-order valence-electron chi connectivity index (χ4n) is 3.20. The minimum absolute atomic E-state index is 0.0645. The third-order valence-electron chi connectivity index (χ3n) is 4.42. The second-order valence-corrected chi connectivity index (χ2v) is 6.25. The first-order chi connectivity index (χ1) is 10.6. The van der Waals surface area contributed by atoms with Gasteiger partial charge in [-0.05, 0) is 36.5 Å². The number of carbonyl (C=O) groups excluding carboxylic acids is 1. The van der Waals surface area contributed by atoms with Gasteiger partial charge in [-0.15, -0.1) is 0 Å². The molecule has 1 aliphatic rings. The van der Waals surface area contributed by atoms with Crippen LogP contribution in [0.15, 0.2) is 24.3 Å². The number of amides is 1. The monoisotopic (exact) mass is 305 g/mol. The number of benzene rings is 1. The van der Waals surface area contributed by atoms with Crippen molar-refractivity contribution in [3.05, 3.63) is 35.4 Å². The maximum atomic E-state index is 12.3. The van der Waals surface area contributed by atoms with Crippen molar-refractivity contribution in [1.29, 1.82) is 0 Å². The second kappa shape index (κ2) is 8.30. The quantitative estimate of drug-likeness (QED) is 0.879. The van der Waals surface area contributed by atoms with Crippen LogP contribution in [0.2, 0.25) is 0 Å². The van der Waals surface area contributed by atoms with E-state index < -0.39 is 6.10 Å². The first-order valence-corrected chi connectivity index (χ1v) is 8.14. The van der Waals surface area contributed by atoms with E-state index >= 15 is 0 Å². The van der Waals surface area contributed by atoms with Gasteiger partial charge >= 0.3 is 0 Å². The topological polar surface area (TPSA) is 49.8 Å². The Bertz CT molecular complexity index is 466. The predicted molar refractivity (Wildman–Crippen MR) is 87.1 cm³/mol. The van der Waals surface area contributed by atoms with Crippen LogP contribution in [-0.4, -0.2) is 49.3 Å². The fraction of sp³-hybridized carbons (Fsp3) is 0.611. The van der Waals surface area contributed by atoms with Crippen LogP contribution >= 0.6 is 0 Å². The van der Waals surface area contributed by atoms with E-state index in [0.29, 0.717) is 11.5 Å². The largest absolute Gasteiger partial charge is 0.389 e. The van der Waals surface area contributed by atoms with E-state index in [0.717, 1.165) is 0 Å². The van der Waals surface area contributed by atoms with Crippen molar-refractivity contribution in [3.8, 4) is 0 Å². The summed E-state index contributed by atoms with van der Waals surface area (Å²) in [4.78, 5) is 13.9. The fourth-order valence-corrected chi connectivity index (χ4v) is 3.20. The standard InChI is InChI=1S/C18H27NO3/c1-19(12-17(20)13-22-2)18(21)16-10-8-15(9-11-16)14-6-4-3-5-7-14/h8-11,14,17,20H,3-7,12-13H2,1-2H3. The normalized spacial score (nSPS) is 17.2. The molecule has 0 aliphatic heterocycles. The van der Waals surface area contributed by atoms with E-state index in [-0.39, 0.29) is 19.1 Å². The van der Waals surface area contributed by atoms with Crippen molar-refractivity contribution in [2.75, 3.05) is 27.3 Å². The molecular weight excluding hydrogens is 278 g/mol. The van der Waals surface area contributed by atoms with Crippen LogP contribution in [0.3, 0.4) is 0 Å². The Kier molecular flexibility index (Phi) is 6.40. The summed E-state index contributed by atoms with van der Waals surface area (Å²) in [6.07, 6.45) is 5.84. The predicted octanol–water partition coefficient (Wildman–Crippen LogP) is 2.81. The summed E-state index contributed by atoms with van der Waals surface area (Å²) in [7, 11) is 3.24. The molecule has 22 heavy (non-hydrogen) atoms. The summed E-state index contributed by atoms with van der Waals surface area (Å²) in [5, 5.41) is 9.71. The lowest BCUT2D eigenvalue weighted by Gasteiger charge is -2.23. The number of methoxy groups -OCH3 is 1. The van der Waals surface area contributed by atoms with Crippen molar-refractivity contribution >= 4 is 5.91 Å². The number of nitrogens with zero attached hydrogens (tertiary/aromatic N) is 1. The number of carbonyl (C=O) groups is 1. The van der Waals surface area contributed by atoms with Gasteiger partial charge in [-0.3, -0.25) is 4.79 Å². The Morgan fingerprint density at radius 2 is 1.91 bits per heavy atom. The second-order valence-electron chi connectivity index (χ2n) is 6.25. The van der Waals surface area contributed by atoms with E-state index in [1.54, 1.807) is 11.9 Å². The first kappa shape index (κ1) is 17.0. The Morgan fingerprint density at radius 3 is 2.50 bits per heavy atom. The van der Waals surface area contributed by atoms with Crippen molar-refractivity contribution in [2.45, 2.75) is 44.1 Å². The van der Waals surface area contributed by atoms with E-state index in [4.69, 9.17) is 4.74 Å². The molecule has 4 nitrogen and oxygen atoms in total. The van der Waals surface area contributed by atoms with E-state index in [2.05, 4.69) is 12.1 Å². The van der Waals surface area contributed by atoms with Gasteiger partial charge in [0.25, 0.3) is 5.91 Å². The number of rotatable bonds is 6. The van der Waals surface area contributed by atoms with E-state index in [1.807, 2.05) is 12.1 Å². The first-order valence-electron chi connectivity index (χ1n) is 8.14. The minimum atomic E-state index is -0.652. The summed E-state index contributed by atoms with van der Waals surface area (Å²) in [5.74, 6) is 0.588. The molecule has 1 saturated carbocycles. The summed E-state index contributed by atoms with van der Waals surface area (Å²) >= 11 is 0. The average molecular weight is 305 g/mol. The van der Waals surface area contributed by atoms with Gasteiger partial charge < -0.3 is 14.7 Å². The highest BCUT2D eigenvalue weighted by Gasteiger charge is 2.18. The van der Waals surface area contributed by atoms with Gasteiger partial charge in [-0.2, -0.15) is 0 Å². The van der Waals surface area contributed by atoms with Crippen molar-refractivity contribution < 1.29 is 14.6 Å². The molecule has 4 heteroatoms. The molecule has 0 spiro atoms. The Hall–Kier alpha value is -1.39. The Balaban J connectivity index is 1.95. The van der Waals surface area contributed by atoms with Crippen LogP contribution in [-0.2, 0) is 4.74 Å². The SMILES string of the molecule is COCC(O)CN(C)C(=O)c1ccc(C2CCCCC2)cc1. The smallest absolute Gasteiger partial charge is 0.253 e. The van der Waals surface area contributed by atoms with Gasteiger partial charge in [0.1, 0.15) is 0 Å². The van der Waals surface area contributed by atoms with Crippen LogP contribution in [0.5, 0.6) is 0 Å². The molecule has 0 radical (unpaired) electrons. The van der Waals surface area contributed by atoms with Crippen LogP contribution < -0.4 is 0 Å². The zero-order valence-corrected chi connectivity index (χ0v) is 13.6. The van der Waals surface area contributed by atoms with Gasteiger partial charge in [-0.25, -0.2) is 0 Å². The van der Waals surface area contributed by atoms with Crippen molar-refractivity contribution in [3.63, 3.8) is 0 Å². The molecule has 1 unspecified atom stereocenters. The molecule has 1 atom stereocenters. The summed E-state index contributed by atoms with van der Waals surface area (Å²) in [6, 6.07) is 7.99. The lowest BCUT2D eigenvalue weighted by Crippen LogP contribution is -2.36. The Morgan fingerprint density at radius 1 is 1.27 bits per heavy atom. The molecule has 0 aromatic heterocycles. The van der Waals surface area contributed by atoms with Crippen LogP contribution in [0.1, 0.15) is 53.9 Å². The number of ether oxygens (including phenoxy) is 1. The molecule has 0 bridgehead atoms. The van der Waals surface area contributed by atoms with Gasteiger partial charge in [0, 0.05) is 26.3 Å². The van der Waals surface area contributed by atoms with Crippen LogP contribution in [0, 0.1) is 0 Å². The van der Waals surface area contributed by atoms with Crippen LogP contribution in [0.25, 0.3) is 0 Å². The average Bonchev–Trinajstić information content (AvgIpc) is 2.55. The maximum Gasteiger partial charge on any atom is 0.253 e. The third kappa shape index (κ3) is 4.55. The van der Waals surface area contributed by atoms with E-state index in [9.17, 15) is 9.90 Å². The van der Waals surface area contributed by atoms with Crippen LogP contribution in [0.4, 0.5) is 0 Å². The van der Waals surface area contributed by atoms with Gasteiger partial charge in [-0.1, -0.05) is 31.4 Å². The zero-order valence-electron chi connectivity index (χ0n) is 13.6. The Labute approximate surface area is 133 Å². The van der Waals surface area contributed by atoms with Crippen molar-refractivity contribution in [1.82, 2.24) is 4.90 Å². The molecule has 1 aromatic rings. The highest BCUT2D eigenvalue weighted by molar-refractivity contribution is 5.94. The minimum Gasteiger partial charge on any atom is -0.389 e. The molecule has 1 N–H and O–H groups in total. The molecule has 2 rings (SSSR count). The lowest BCUT2D eigenvalue weighted by molar-refractivity contribution is 0.0380. The molecule has 1 aromatic carbocycles. The molecular formula is C18H27NO3. The molecule has 0 heterocycles.